The fraction of sp³-hybridized carbons (Fsp3) is 0.407. The lowest BCUT2D eigenvalue weighted by molar-refractivity contribution is 0.0584. The quantitative estimate of drug-likeness (QED) is 0.587. The van der Waals surface area contributed by atoms with E-state index in [1.54, 1.807) is 0 Å². The molecule has 0 aliphatic carbocycles. The van der Waals surface area contributed by atoms with E-state index in [1.807, 2.05) is 29.7 Å². The molecular formula is C27H32N4O2. The number of anilines is 2. The summed E-state index contributed by atoms with van der Waals surface area (Å²) >= 11 is 0. The predicted octanol–water partition coefficient (Wildman–Crippen LogP) is 4.31. The Labute approximate surface area is 195 Å². The number of hydrogen-bond donors (Lipinski definition) is 0. The molecule has 0 radical (unpaired) electrons. The van der Waals surface area contributed by atoms with Crippen LogP contribution in [0, 0.1) is 20.8 Å². The highest BCUT2D eigenvalue weighted by molar-refractivity contribution is 5.63. The van der Waals surface area contributed by atoms with E-state index < -0.39 is 0 Å². The molecule has 6 nitrogen and oxygen atoms in total. The minimum absolute atomic E-state index is 0.0492. The van der Waals surface area contributed by atoms with E-state index in [0.717, 1.165) is 54.4 Å². The van der Waals surface area contributed by atoms with Gasteiger partial charge in [-0.2, -0.15) is 0 Å². The molecule has 5 rings (SSSR count). The molecule has 33 heavy (non-hydrogen) atoms. The van der Waals surface area contributed by atoms with Crippen LogP contribution in [0.1, 0.15) is 40.8 Å². The summed E-state index contributed by atoms with van der Waals surface area (Å²) in [5.74, 6) is 0.727. The van der Waals surface area contributed by atoms with Crippen molar-refractivity contribution in [1.82, 2.24) is 14.5 Å². The second kappa shape index (κ2) is 9.12. The Morgan fingerprint density at radius 3 is 2.61 bits per heavy atom. The lowest BCUT2D eigenvalue weighted by Gasteiger charge is -2.39. The van der Waals surface area contributed by atoms with Gasteiger partial charge in [-0.05, 0) is 50.8 Å². The predicted molar refractivity (Wildman–Crippen MR) is 131 cm³/mol. The topological polar surface area (TPSA) is 50.6 Å². The maximum atomic E-state index is 13.8. The Morgan fingerprint density at radius 2 is 1.88 bits per heavy atom. The van der Waals surface area contributed by atoms with Crippen molar-refractivity contribution < 1.29 is 4.74 Å². The van der Waals surface area contributed by atoms with Gasteiger partial charge in [-0.25, -0.2) is 4.98 Å². The van der Waals surface area contributed by atoms with Crippen molar-refractivity contribution in [3.63, 3.8) is 0 Å². The second-order valence-corrected chi connectivity index (χ2v) is 9.36. The van der Waals surface area contributed by atoms with Crippen molar-refractivity contribution in [2.45, 2.75) is 52.8 Å². The second-order valence-electron chi connectivity index (χ2n) is 9.36. The van der Waals surface area contributed by atoms with Crippen LogP contribution in [0.15, 0.2) is 53.3 Å². The van der Waals surface area contributed by atoms with Gasteiger partial charge >= 0.3 is 0 Å². The molecule has 0 saturated carbocycles. The first-order chi connectivity index (χ1) is 16.0. The van der Waals surface area contributed by atoms with Gasteiger partial charge in [-0.1, -0.05) is 48.0 Å². The summed E-state index contributed by atoms with van der Waals surface area (Å²) in [5, 5.41) is 0. The SMILES string of the molecule is Cc1ccc(N2CN(CC3CCCO3)Cn3c2nc(C)c(Cc2ccccc2)c3=O)c(C)c1. The molecule has 0 amide bonds. The van der Waals surface area contributed by atoms with Crippen LogP contribution >= 0.6 is 0 Å². The third kappa shape index (κ3) is 4.45. The molecule has 0 bridgehead atoms. The van der Waals surface area contributed by atoms with Gasteiger partial charge in [0.2, 0.25) is 5.95 Å². The average molecular weight is 445 g/mol. The first-order valence-electron chi connectivity index (χ1n) is 11.8. The van der Waals surface area contributed by atoms with Gasteiger partial charge < -0.3 is 4.74 Å². The lowest BCUT2D eigenvalue weighted by atomic mass is 10.0. The Morgan fingerprint density at radius 1 is 1.06 bits per heavy atom. The van der Waals surface area contributed by atoms with Gasteiger partial charge in [0.25, 0.3) is 5.56 Å². The standard InChI is InChI=1S/C27H32N4O2/c1-19-11-12-25(20(2)14-19)30-17-29(16-23-10-7-13-33-23)18-31-26(32)24(21(3)28-27(30)31)15-22-8-5-4-6-9-22/h4-6,8-9,11-12,14,23H,7,10,13,15-18H2,1-3H3. The van der Waals surface area contributed by atoms with Crippen LogP contribution in [0.2, 0.25) is 0 Å². The highest BCUT2D eigenvalue weighted by Crippen LogP contribution is 2.31. The molecule has 3 heterocycles. The van der Waals surface area contributed by atoms with Crippen molar-refractivity contribution >= 4 is 11.6 Å². The van der Waals surface area contributed by atoms with E-state index in [2.05, 4.69) is 54.0 Å². The number of hydrogen-bond acceptors (Lipinski definition) is 5. The molecule has 3 aromatic rings. The summed E-state index contributed by atoms with van der Waals surface area (Å²) in [6.07, 6.45) is 3.00. The van der Waals surface area contributed by atoms with E-state index in [9.17, 15) is 4.79 Å². The Balaban J connectivity index is 1.57. The highest BCUT2D eigenvalue weighted by atomic mass is 16.5. The molecule has 0 spiro atoms. The third-order valence-electron chi connectivity index (χ3n) is 6.73. The summed E-state index contributed by atoms with van der Waals surface area (Å²) in [6.45, 7) is 9.05. The molecule has 2 aromatic carbocycles. The minimum Gasteiger partial charge on any atom is -0.377 e. The zero-order valence-corrected chi connectivity index (χ0v) is 19.8. The number of nitrogens with zero attached hydrogens (tertiary/aromatic N) is 4. The largest absolute Gasteiger partial charge is 0.377 e. The van der Waals surface area contributed by atoms with Crippen LogP contribution in [0.4, 0.5) is 11.6 Å². The van der Waals surface area contributed by atoms with Crippen LogP contribution in [0.3, 0.4) is 0 Å². The van der Waals surface area contributed by atoms with E-state index in [4.69, 9.17) is 9.72 Å². The first-order valence-corrected chi connectivity index (χ1v) is 11.8. The van der Waals surface area contributed by atoms with Gasteiger partial charge in [-0.15, -0.1) is 0 Å². The van der Waals surface area contributed by atoms with Gasteiger partial charge in [0, 0.05) is 30.8 Å². The Bertz CT molecular complexity index is 1200. The maximum Gasteiger partial charge on any atom is 0.259 e. The van der Waals surface area contributed by atoms with Crippen molar-refractivity contribution in [1.29, 1.82) is 0 Å². The summed E-state index contributed by atoms with van der Waals surface area (Å²) in [6, 6.07) is 16.6. The molecule has 6 heteroatoms. The minimum atomic E-state index is 0.0492. The zero-order valence-electron chi connectivity index (χ0n) is 19.8. The Hall–Kier alpha value is -2.96. The fourth-order valence-electron chi connectivity index (χ4n) is 5.02. The normalized spacial score (nSPS) is 18.5. The summed E-state index contributed by atoms with van der Waals surface area (Å²) in [4.78, 5) is 23.3. The van der Waals surface area contributed by atoms with Gasteiger partial charge in [0.1, 0.15) is 0 Å². The third-order valence-corrected chi connectivity index (χ3v) is 6.73. The summed E-state index contributed by atoms with van der Waals surface area (Å²) in [5.41, 5.74) is 6.24. The molecule has 1 unspecified atom stereocenters. The van der Waals surface area contributed by atoms with E-state index in [0.29, 0.717) is 19.8 Å². The van der Waals surface area contributed by atoms with Crippen LogP contribution in [-0.2, 0) is 17.8 Å². The molecule has 172 valence electrons. The van der Waals surface area contributed by atoms with E-state index in [1.165, 1.54) is 11.1 Å². The number of rotatable bonds is 5. The molecule has 1 atom stereocenters. The van der Waals surface area contributed by atoms with Crippen LogP contribution in [0.5, 0.6) is 0 Å². The number of aromatic nitrogens is 2. The lowest BCUT2D eigenvalue weighted by Crippen LogP contribution is -2.50. The van der Waals surface area contributed by atoms with Gasteiger partial charge in [0.15, 0.2) is 0 Å². The summed E-state index contributed by atoms with van der Waals surface area (Å²) < 4.78 is 7.76. The van der Waals surface area contributed by atoms with Crippen molar-refractivity contribution in [2.24, 2.45) is 0 Å². The number of aryl methyl sites for hydroxylation is 3. The van der Waals surface area contributed by atoms with Crippen molar-refractivity contribution in [2.75, 3.05) is 24.7 Å². The molecule has 0 N–H and O–H groups in total. The molecular weight excluding hydrogens is 412 g/mol. The Kier molecular flexibility index (Phi) is 6.04. The number of benzene rings is 2. The van der Waals surface area contributed by atoms with Gasteiger partial charge in [-0.3, -0.25) is 19.2 Å². The molecule has 1 fully saturated rings. The van der Waals surface area contributed by atoms with Crippen LogP contribution < -0.4 is 10.5 Å². The first kappa shape index (κ1) is 21.9. The smallest absolute Gasteiger partial charge is 0.259 e. The van der Waals surface area contributed by atoms with Crippen molar-refractivity contribution in [3.8, 4) is 0 Å². The molecule has 1 saturated heterocycles. The molecule has 2 aliphatic rings. The maximum absolute atomic E-state index is 13.8. The van der Waals surface area contributed by atoms with Crippen LogP contribution in [-0.4, -0.2) is 40.4 Å². The van der Waals surface area contributed by atoms with Crippen molar-refractivity contribution in [3.05, 3.63) is 86.8 Å². The van der Waals surface area contributed by atoms with E-state index >= 15 is 0 Å². The fourth-order valence-corrected chi connectivity index (χ4v) is 5.02. The number of fused-ring (bicyclic) bond motifs is 1. The monoisotopic (exact) mass is 444 g/mol. The molecule has 1 aromatic heterocycles. The highest BCUT2D eigenvalue weighted by Gasteiger charge is 2.30. The summed E-state index contributed by atoms with van der Waals surface area (Å²) in [7, 11) is 0. The molecule has 2 aliphatic heterocycles. The van der Waals surface area contributed by atoms with Crippen LogP contribution in [0.25, 0.3) is 0 Å². The van der Waals surface area contributed by atoms with Gasteiger partial charge in [0.05, 0.1) is 25.1 Å². The zero-order chi connectivity index (χ0) is 22.9. The van der Waals surface area contributed by atoms with E-state index in [-0.39, 0.29) is 11.7 Å². The number of ether oxygens (including phenoxy) is 1. The average Bonchev–Trinajstić information content (AvgIpc) is 3.31.